The molecule has 0 unspecified atom stereocenters. The van der Waals surface area contributed by atoms with Gasteiger partial charge in [0.25, 0.3) is 0 Å². The van der Waals surface area contributed by atoms with Crippen molar-refractivity contribution < 1.29 is 0 Å². The molecular formula is C14H25N3. The van der Waals surface area contributed by atoms with Crippen molar-refractivity contribution in [3.05, 3.63) is 23.4 Å². The molecule has 96 valence electrons. The molecule has 1 aromatic rings. The van der Waals surface area contributed by atoms with Crippen LogP contribution in [0.15, 0.2) is 12.3 Å². The Morgan fingerprint density at radius 2 is 2.12 bits per heavy atom. The maximum absolute atomic E-state index is 4.61. The zero-order chi connectivity index (χ0) is 12.8. The fraction of sp³-hybridized carbons (Fsp3) is 0.643. The van der Waals surface area contributed by atoms with Gasteiger partial charge in [0.1, 0.15) is 5.82 Å². The van der Waals surface area contributed by atoms with Crippen molar-refractivity contribution in [1.82, 2.24) is 10.3 Å². The van der Waals surface area contributed by atoms with Crippen molar-refractivity contribution >= 4 is 5.82 Å². The minimum Gasteiger partial charge on any atom is -0.356 e. The fourth-order valence-corrected chi connectivity index (χ4v) is 2.06. The van der Waals surface area contributed by atoms with Crippen LogP contribution in [-0.4, -0.2) is 25.1 Å². The molecule has 0 aliphatic rings. The average Bonchev–Trinajstić information content (AvgIpc) is 2.27. The van der Waals surface area contributed by atoms with E-state index in [-0.39, 0.29) is 0 Å². The second-order valence-electron chi connectivity index (χ2n) is 4.95. The number of hydrogen-bond acceptors (Lipinski definition) is 3. The second-order valence-corrected chi connectivity index (χ2v) is 4.95. The first-order valence-corrected chi connectivity index (χ1v) is 6.43. The molecule has 1 heterocycles. The van der Waals surface area contributed by atoms with Crippen LogP contribution in [0.2, 0.25) is 0 Å². The Kier molecular flexibility index (Phi) is 5.42. The van der Waals surface area contributed by atoms with E-state index in [1.165, 1.54) is 11.1 Å². The lowest BCUT2D eigenvalue weighted by Crippen LogP contribution is -2.28. The van der Waals surface area contributed by atoms with Gasteiger partial charge in [0.15, 0.2) is 0 Å². The van der Waals surface area contributed by atoms with E-state index in [0.717, 1.165) is 25.5 Å². The van der Waals surface area contributed by atoms with Gasteiger partial charge in [0.05, 0.1) is 0 Å². The van der Waals surface area contributed by atoms with Crippen molar-refractivity contribution in [2.45, 2.75) is 34.2 Å². The van der Waals surface area contributed by atoms with E-state index in [4.69, 9.17) is 0 Å². The topological polar surface area (TPSA) is 28.2 Å². The number of aryl methyl sites for hydroxylation is 1. The maximum Gasteiger partial charge on any atom is 0.131 e. The maximum atomic E-state index is 4.61. The summed E-state index contributed by atoms with van der Waals surface area (Å²) in [6.45, 7) is 11.8. The largest absolute Gasteiger partial charge is 0.356 e. The van der Waals surface area contributed by atoms with Crippen LogP contribution in [0.4, 0.5) is 5.82 Å². The first-order chi connectivity index (χ1) is 8.08. The van der Waals surface area contributed by atoms with E-state index in [1.807, 2.05) is 13.2 Å². The lowest BCUT2D eigenvalue weighted by atomic mass is 10.1. The zero-order valence-electron chi connectivity index (χ0n) is 11.7. The summed E-state index contributed by atoms with van der Waals surface area (Å²) in [5.41, 5.74) is 2.51. The number of aromatic nitrogens is 1. The van der Waals surface area contributed by atoms with Crippen molar-refractivity contribution in [2.75, 3.05) is 25.0 Å². The van der Waals surface area contributed by atoms with Crippen molar-refractivity contribution in [3.63, 3.8) is 0 Å². The molecule has 0 saturated heterocycles. The van der Waals surface area contributed by atoms with E-state index < -0.39 is 0 Å². The number of nitrogens with zero attached hydrogens (tertiary/aromatic N) is 2. The van der Waals surface area contributed by atoms with Gasteiger partial charge in [-0.15, -0.1) is 0 Å². The molecule has 1 N–H and O–H groups in total. The molecule has 3 heteroatoms. The molecule has 0 radical (unpaired) electrons. The highest BCUT2D eigenvalue weighted by molar-refractivity contribution is 5.47. The molecule has 1 aromatic heterocycles. The highest BCUT2D eigenvalue weighted by atomic mass is 15.2. The van der Waals surface area contributed by atoms with Gasteiger partial charge in [0, 0.05) is 25.8 Å². The van der Waals surface area contributed by atoms with Crippen molar-refractivity contribution in [3.8, 4) is 0 Å². The number of nitrogens with one attached hydrogen (secondary N) is 1. The van der Waals surface area contributed by atoms with Crippen LogP contribution in [0.5, 0.6) is 0 Å². The van der Waals surface area contributed by atoms with Gasteiger partial charge in [-0.1, -0.05) is 13.8 Å². The predicted octanol–water partition coefficient (Wildman–Crippen LogP) is 2.59. The van der Waals surface area contributed by atoms with E-state index in [0.29, 0.717) is 5.92 Å². The van der Waals surface area contributed by atoms with Gasteiger partial charge in [-0.3, -0.25) is 0 Å². The van der Waals surface area contributed by atoms with Crippen LogP contribution in [0, 0.1) is 12.8 Å². The number of anilines is 1. The van der Waals surface area contributed by atoms with Gasteiger partial charge in [-0.2, -0.15) is 0 Å². The number of rotatable bonds is 6. The van der Waals surface area contributed by atoms with Crippen LogP contribution in [-0.2, 0) is 6.54 Å². The van der Waals surface area contributed by atoms with Crippen molar-refractivity contribution in [2.24, 2.45) is 5.92 Å². The van der Waals surface area contributed by atoms with Crippen LogP contribution in [0.3, 0.4) is 0 Å². The fourth-order valence-electron chi connectivity index (χ4n) is 2.06. The molecule has 0 amide bonds. The normalized spacial score (nSPS) is 10.9. The highest BCUT2D eigenvalue weighted by Gasteiger charge is 2.10. The SMILES string of the molecule is CCN(CC(C)C)c1ncc(CNC)cc1C. The third kappa shape index (κ3) is 4.00. The predicted molar refractivity (Wildman–Crippen MR) is 74.5 cm³/mol. The molecule has 0 atom stereocenters. The standard InChI is InChI=1S/C14H25N3/c1-6-17(10-11(2)3)14-12(4)7-13(8-15-5)9-16-14/h7,9,11,15H,6,8,10H2,1-5H3. The average molecular weight is 235 g/mol. The van der Waals surface area contributed by atoms with E-state index in [1.54, 1.807) is 0 Å². The lowest BCUT2D eigenvalue weighted by Gasteiger charge is -2.25. The number of hydrogen-bond donors (Lipinski definition) is 1. The Bertz CT molecular complexity index is 347. The van der Waals surface area contributed by atoms with E-state index in [2.05, 4.69) is 49.0 Å². The molecule has 0 aromatic carbocycles. The molecule has 0 saturated carbocycles. The molecule has 0 fully saturated rings. The zero-order valence-corrected chi connectivity index (χ0v) is 11.7. The van der Waals surface area contributed by atoms with Crippen molar-refractivity contribution in [1.29, 1.82) is 0 Å². The second kappa shape index (κ2) is 6.60. The number of pyridine rings is 1. The van der Waals surface area contributed by atoms with Crippen LogP contribution < -0.4 is 10.2 Å². The molecule has 0 aliphatic heterocycles. The molecule has 1 rings (SSSR count). The van der Waals surface area contributed by atoms with E-state index in [9.17, 15) is 0 Å². The lowest BCUT2D eigenvalue weighted by molar-refractivity contribution is 0.613. The van der Waals surface area contributed by atoms with Gasteiger partial charge in [-0.05, 0) is 44.0 Å². The van der Waals surface area contributed by atoms with Gasteiger partial charge in [-0.25, -0.2) is 4.98 Å². The summed E-state index contributed by atoms with van der Waals surface area (Å²) in [5, 5.41) is 3.15. The summed E-state index contributed by atoms with van der Waals surface area (Å²) >= 11 is 0. The quantitative estimate of drug-likeness (QED) is 0.821. The summed E-state index contributed by atoms with van der Waals surface area (Å²) in [7, 11) is 1.96. The minimum absolute atomic E-state index is 0.660. The summed E-state index contributed by atoms with van der Waals surface area (Å²) in [5.74, 6) is 1.79. The molecular weight excluding hydrogens is 210 g/mol. The monoisotopic (exact) mass is 235 g/mol. The summed E-state index contributed by atoms with van der Waals surface area (Å²) in [4.78, 5) is 6.96. The Morgan fingerprint density at radius 1 is 1.41 bits per heavy atom. The first kappa shape index (κ1) is 14.0. The molecule has 3 nitrogen and oxygen atoms in total. The molecule has 17 heavy (non-hydrogen) atoms. The third-order valence-electron chi connectivity index (χ3n) is 2.75. The first-order valence-electron chi connectivity index (χ1n) is 6.43. The molecule has 0 bridgehead atoms. The summed E-state index contributed by atoms with van der Waals surface area (Å²) < 4.78 is 0. The smallest absolute Gasteiger partial charge is 0.131 e. The van der Waals surface area contributed by atoms with Crippen LogP contribution in [0.1, 0.15) is 31.9 Å². The van der Waals surface area contributed by atoms with Crippen LogP contribution in [0.25, 0.3) is 0 Å². The minimum atomic E-state index is 0.660. The Labute approximate surface area is 105 Å². The molecule has 0 spiro atoms. The molecule has 0 aliphatic carbocycles. The van der Waals surface area contributed by atoms with E-state index >= 15 is 0 Å². The Morgan fingerprint density at radius 3 is 2.59 bits per heavy atom. The summed E-state index contributed by atoms with van der Waals surface area (Å²) in [6.07, 6.45) is 1.97. The van der Waals surface area contributed by atoms with Gasteiger partial charge in [0.2, 0.25) is 0 Å². The Hall–Kier alpha value is -1.09. The highest BCUT2D eigenvalue weighted by Crippen LogP contribution is 2.18. The van der Waals surface area contributed by atoms with Gasteiger partial charge >= 0.3 is 0 Å². The third-order valence-corrected chi connectivity index (χ3v) is 2.75. The van der Waals surface area contributed by atoms with Crippen LogP contribution >= 0.6 is 0 Å². The van der Waals surface area contributed by atoms with Gasteiger partial charge < -0.3 is 10.2 Å². The summed E-state index contributed by atoms with van der Waals surface area (Å²) in [6, 6.07) is 2.22. The Balaban J connectivity index is 2.88.